The molecule has 8 nitrogen and oxygen atoms in total. The Morgan fingerprint density at radius 1 is 1.06 bits per heavy atom. The lowest BCUT2D eigenvalue weighted by molar-refractivity contribution is 0.0772. The van der Waals surface area contributed by atoms with Crippen molar-refractivity contribution in [2.75, 3.05) is 38.2 Å². The molecule has 0 spiro atoms. The Hall–Kier alpha value is -3.62. The minimum atomic E-state index is -0.470. The smallest absolute Gasteiger partial charge is 0.256 e. The van der Waals surface area contributed by atoms with E-state index in [0.717, 1.165) is 11.3 Å². The van der Waals surface area contributed by atoms with Crippen molar-refractivity contribution in [3.63, 3.8) is 0 Å². The van der Waals surface area contributed by atoms with Crippen molar-refractivity contribution >= 4 is 11.9 Å². The molecule has 4 rings (SSSR count). The average molecular weight is 465 g/mol. The number of hydrogen-bond donors (Lipinski definition) is 0. The molecule has 9 heteroatoms. The molecule has 2 aromatic heterocycles. The van der Waals surface area contributed by atoms with E-state index in [1.165, 1.54) is 12.4 Å². The molecule has 1 aliphatic heterocycles. The van der Waals surface area contributed by atoms with Gasteiger partial charge in [0.15, 0.2) is 5.82 Å². The van der Waals surface area contributed by atoms with Crippen LogP contribution in [0.2, 0.25) is 0 Å². The fourth-order valence-corrected chi connectivity index (χ4v) is 4.50. The summed E-state index contributed by atoms with van der Waals surface area (Å²) in [5.41, 5.74) is 1.06. The van der Waals surface area contributed by atoms with Gasteiger partial charge in [0.25, 0.3) is 5.91 Å². The van der Waals surface area contributed by atoms with E-state index in [1.807, 2.05) is 36.9 Å². The lowest BCUT2D eigenvalue weighted by atomic mass is 9.72. The number of carbonyl (C=O) groups excluding carboxylic acids is 1. The summed E-state index contributed by atoms with van der Waals surface area (Å²) in [4.78, 5) is 34.2. The summed E-state index contributed by atoms with van der Waals surface area (Å²) in [5.74, 6) is 1.39. The number of amides is 1. The van der Waals surface area contributed by atoms with Gasteiger partial charge in [0.2, 0.25) is 5.95 Å². The molecule has 1 aliphatic rings. The van der Waals surface area contributed by atoms with Crippen LogP contribution in [-0.4, -0.2) is 64.0 Å². The Morgan fingerprint density at radius 2 is 1.71 bits per heavy atom. The van der Waals surface area contributed by atoms with Crippen LogP contribution in [0.3, 0.4) is 0 Å². The number of halogens is 1. The van der Waals surface area contributed by atoms with Crippen LogP contribution in [0.4, 0.5) is 10.3 Å². The van der Waals surface area contributed by atoms with Crippen molar-refractivity contribution < 1.29 is 13.9 Å². The molecule has 1 amide bonds. The van der Waals surface area contributed by atoms with E-state index in [-0.39, 0.29) is 5.91 Å². The minimum absolute atomic E-state index is 0.0738. The van der Waals surface area contributed by atoms with E-state index >= 15 is 0 Å². The highest BCUT2D eigenvalue weighted by atomic mass is 19.1. The minimum Gasteiger partial charge on any atom is -0.497 e. The SMILES string of the molecule is CCN(CC)C(=O)c1cnc(C2(c3cccc(OC)c3)CCN(c3ncc(F)cn3)CC2)nc1. The highest BCUT2D eigenvalue weighted by molar-refractivity contribution is 5.93. The molecule has 0 radical (unpaired) electrons. The molecule has 0 unspecified atom stereocenters. The Morgan fingerprint density at radius 3 is 2.29 bits per heavy atom. The topological polar surface area (TPSA) is 84.3 Å². The number of carbonyl (C=O) groups is 1. The fraction of sp³-hybridized carbons (Fsp3) is 0.400. The first kappa shape index (κ1) is 23.5. The van der Waals surface area contributed by atoms with Crippen LogP contribution >= 0.6 is 0 Å². The van der Waals surface area contributed by atoms with Crippen molar-refractivity contribution in [1.29, 1.82) is 0 Å². The second kappa shape index (κ2) is 10.1. The van der Waals surface area contributed by atoms with E-state index in [9.17, 15) is 9.18 Å². The van der Waals surface area contributed by atoms with Crippen LogP contribution in [0.15, 0.2) is 49.1 Å². The lowest BCUT2D eigenvalue weighted by Gasteiger charge is -2.41. The summed E-state index contributed by atoms with van der Waals surface area (Å²) in [6, 6.07) is 7.95. The zero-order chi connectivity index (χ0) is 24.1. The predicted octanol–water partition coefficient (Wildman–Crippen LogP) is 3.48. The molecule has 3 heterocycles. The molecule has 0 bridgehead atoms. The summed E-state index contributed by atoms with van der Waals surface area (Å²) >= 11 is 0. The Bertz CT molecular complexity index is 1110. The molecule has 1 saturated heterocycles. The second-order valence-electron chi connectivity index (χ2n) is 8.28. The van der Waals surface area contributed by atoms with Crippen molar-refractivity contribution in [1.82, 2.24) is 24.8 Å². The molecule has 0 saturated carbocycles. The van der Waals surface area contributed by atoms with Gasteiger partial charge in [-0.05, 0) is 44.4 Å². The molecule has 1 aromatic carbocycles. The van der Waals surface area contributed by atoms with Gasteiger partial charge in [0.1, 0.15) is 11.6 Å². The summed E-state index contributed by atoms with van der Waals surface area (Å²) < 4.78 is 18.7. The summed E-state index contributed by atoms with van der Waals surface area (Å²) in [7, 11) is 1.64. The molecular formula is C25H29FN6O2. The van der Waals surface area contributed by atoms with E-state index in [2.05, 4.69) is 26.0 Å². The van der Waals surface area contributed by atoms with Crippen molar-refractivity contribution in [3.05, 3.63) is 71.8 Å². The highest BCUT2D eigenvalue weighted by Gasteiger charge is 2.41. The quantitative estimate of drug-likeness (QED) is 0.529. The van der Waals surface area contributed by atoms with Gasteiger partial charge < -0.3 is 14.5 Å². The molecule has 1 fully saturated rings. The van der Waals surface area contributed by atoms with Gasteiger partial charge in [-0.15, -0.1) is 0 Å². The van der Waals surface area contributed by atoms with Gasteiger partial charge in [-0.2, -0.15) is 0 Å². The van der Waals surface area contributed by atoms with Crippen LogP contribution in [0, 0.1) is 5.82 Å². The Labute approximate surface area is 198 Å². The molecule has 0 atom stereocenters. The van der Waals surface area contributed by atoms with Crippen molar-refractivity contribution in [2.45, 2.75) is 32.1 Å². The third kappa shape index (κ3) is 4.55. The monoisotopic (exact) mass is 464 g/mol. The predicted molar refractivity (Wildman–Crippen MR) is 126 cm³/mol. The van der Waals surface area contributed by atoms with Gasteiger partial charge in [-0.25, -0.2) is 24.3 Å². The lowest BCUT2D eigenvalue weighted by Crippen LogP contribution is -2.45. The van der Waals surface area contributed by atoms with Gasteiger partial charge in [-0.1, -0.05) is 12.1 Å². The Kier molecular flexibility index (Phi) is 7.00. The van der Waals surface area contributed by atoms with Crippen molar-refractivity contribution in [3.8, 4) is 5.75 Å². The third-order valence-corrected chi connectivity index (χ3v) is 6.51. The van der Waals surface area contributed by atoms with Gasteiger partial charge in [-0.3, -0.25) is 4.79 Å². The number of rotatable bonds is 7. The molecule has 0 N–H and O–H groups in total. The maximum absolute atomic E-state index is 13.3. The van der Waals surface area contributed by atoms with Crippen molar-refractivity contribution in [2.24, 2.45) is 0 Å². The van der Waals surface area contributed by atoms with Gasteiger partial charge >= 0.3 is 0 Å². The number of anilines is 1. The summed E-state index contributed by atoms with van der Waals surface area (Å²) in [6.07, 6.45) is 7.01. The maximum atomic E-state index is 13.3. The molecule has 34 heavy (non-hydrogen) atoms. The Balaban J connectivity index is 1.67. The largest absolute Gasteiger partial charge is 0.497 e. The van der Waals surface area contributed by atoms with Crippen LogP contribution < -0.4 is 9.64 Å². The van der Waals surface area contributed by atoms with Gasteiger partial charge in [0.05, 0.1) is 30.5 Å². The van der Waals surface area contributed by atoms with E-state index < -0.39 is 11.2 Å². The normalized spacial score (nSPS) is 15.1. The van der Waals surface area contributed by atoms with E-state index in [1.54, 1.807) is 24.4 Å². The zero-order valence-electron chi connectivity index (χ0n) is 19.7. The summed E-state index contributed by atoms with van der Waals surface area (Å²) in [6.45, 7) is 6.46. The highest BCUT2D eigenvalue weighted by Crippen LogP contribution is 2.41. The first-order valence-corrected chi connectivity index (χ1v) is 11.5. The van der Waals surface area contributed by atoms with Crippen LogP contribution in [0.25, 0.3) is 0 Å². The number of nitrogens with zero attached hydrogens (tertiary/aromatic N) is 6. The number of aromatic nitrogens is 4. The standard InChI is InChI=1S/C25H29FN6O2/c1-4-31(5-2)22(33)18-14-27-23(28-15-18)25(19-7-6-8-21(13-19)34-3)9-11-32(12-10-25)24-29-16-20(26)17-30-24/h6-8,13-17H,4-5,9-12H2,1-3H3. The fourth-order valence-electron chi connectivity index (χ4n) is 4.50. The zero-order valence-corrected chi connectivity index (χ0v) is 19.7. The van der Waals surface area contributed by atoms with E-state index in [4.69, 9.17) is 4.74 Å². The number of piperidine rings is 1. The molecule has 0 aliphatic carbocycles. The van der Waals surface area contributed by atoms with Crippen LogP contribution in [-0.2, 0) is 5.41 Å². The summed E-state index contributed by atoms with van der Waals surface area (Å²) in [5, 5.41) is 0. The number of methoxy groups -OCH3 is 1. The number of hydrogen-bond acceptors (Lipinski definition) is 7. The van der Waals surface area contributed by atoms with E-state index in [0.29, 0.717) is 56.4 Å². The van der Waals surface area contributed by atoms with Crippen LogP contribution in [0.1, 0.15) is 48.4 Å². The first-order valence-electron chi connectivity index (χ1n) is 11.5. The molecular weight excluding hydrogens is 435 g/mol. The molecule has 178 valence electrons. The average Bonchev–Trinajstić information content (AvgIpc) is 2.90. The van der Waals surface area contributed by atoms with Crippen LogP contribution in [0.5, 0.6) is 5.75 Å². The number of benzene rings is 1. The first-order chi connectivity index (χ1) is 16.5. The second-order valence-corrected chi connectivity index (χ2v) is 8.28. The van der Waals surface area contributed by atoms with Gasteiger partial charge in [0, 0.05) is 38.6 Å². The molecule has 3 aromatic rings. The number of ether oxygens (including phenoxy) is 1. The maximum Gasteiger partial charge on any atom is 0.256 e. The third-order valence-electron chi connectivity index (χ3n) is 6.51.